The second kappa shape index (κ2) is 9.06. The van der Waals surface area contributed by atoms with Gasteiger partial charge in [-0.25, -0.2) is 9.97 Å². The van der Waals surface area contributed by atoms with Crippen LogP contribution < -0.4 is 4.74 Å². The van der Waals surface area contributed by atoms with Crippen molar-refractivity contribution < 1.29 is 4.74 Å². The standard InChI is InChI=1S/C28H24Cl2N4O/c1-17-28(34(16-33-17)25-9-5-8-19-10-20(29)11-23(30)27(19)25)22-13-31-24-14-32-26(12-21(22)24)35-15-18-6-3-2-4-7-18/h2-4,6-7,10-14,16,25,31H,5,8-9,15H2,1H3. The fraction of sp³-hybridized carbons (Fsp3) is 0.214. The first kappa shape index (κ1) is 22.2. The van der Waals surface area contributed by atoms with Crippen LogP contribution in [0.5, 0.6) is 5.88 Å². The first-order valence-electron chi connectivity index (χ1n) is 11.7. The zero-order valence-corrected chi connectivity index (χ0v) is 20.8. The van der Waals surface area contributed by atoms with Crippen molar-refractivity contribution in [2.75, 3.05) is 0 Å². The number of aryl methyl sites for hydroxylation is 2. The summed E-state index contributed by atoms with van der Waals surface area (Å²) in [7, 11) is 0. The number of halogens is 2. The minimum atomic E-state index is 0.0975. The molecule has 2 aromatic carbocycles. The molecular weight excluding hydrogens is 479 g/mol. The van der Waals surface area contributed by atoms with E-state index in [0.29, 0.717) is 22.5 Å². The smallest absolute Gasteiger partial charge is 0.214 e. The monoisotopic (exact) mass is 502 g/mol. The van der Waals surface area contributed by atoms with Crippen LogP contribution in [0.2, 0.25) is 10.0 Å². The molecule has 7 heteroatoms. The number of nitrogens with zero attached hydrogens (tertiary/aromatic N) is 3. The second-order valence-corrected chi connectivity index (χ2v) is 9.84. The Bertz CT molecular complexity index is 1520. The van der Waals surface area contributed by atoms with Crippen molar-refractivity contribution in [2.45, 2.75) is 38.8 Å². The van der Waals surface area contributed by atoms with Gasteiger partial charge in [-0.1, -0.05) is 53.5 Å². The minimum Gasteiger partial charge on any atom is -0.473 e. The molecule has 0 bridgehead atoms. The van der Waals surface area contributed by atoms with Gasteiger partial charge >= 0.3 is 0 Å². The maximum Gasteiger partial charge on any atom is 0.214 e. The number of nitrogens with one attached hydrogen (secondary N) is 1. The van der Waals surface area contributed by atoms with Gasteiger partial charge < -0.3 is 14.3 Å². The summed E-state index contributed by atoms with van der Waals surface area (Å²) in [4.78, 5) is 12.6. The van der Waals surface area contributed by atoms with Crippen molar-refractivity contribution >= 4 is 34.1 Å². The number of pyridine rings is 1. The molecule has 5 aromatic rings. The van der Waals surface area contributed by atoms with Crippen LogP contribution in [-0.4, -0.2) is 19.5 Å². The lowest BCUT2D eigenvalue weighted by atomic mass is 9.87. The Morgan fingerprint density at radius 1 is 1.11 bits per heavy atom. The number of benzene rings is 2. The molecule has 176 valence electrons. The summed E-state index contributed by atoms with van der Waals surface area (Å²) in [5.74, 6) is 0.589. The van der Waals surface area contributed by atoms with Crippen molar-refractivity contribution in [3.05, 3.63) is 99.7 Å². The van der Waals surface area contributed by atoms with Crippen molar-refractivity contribution in [1.82, 2.24) is 19.5 Å². The van der Waals surface area contributed by atoms with E-state index in [1.807, 2.05) is 74.2 Å². The van der Waals surface area contributed by atoms with Gasteiger partial charge in [-0.15, -0.1) is 0 Å². The molecule has 1 aliphatic carbocycles. The molecule has 1 aliphatic rings. The Balaban J connectivity index is 1.41. The lowest BCUT2D eigenvalue weighted by molar-refractivity contribution is 0.294. The SMILES string of the molecule is Cc1ncn(C2CCCc3cc(Cl)cc(Cl)c32)c1-c1c[nH]c2cnc(OCc3ccccc3)cc12. The number of H-pyrrole nitrogens is 1. The van der Waals surface area contributed by atoms with E-state index >= 15 is 0 Å². The first-order chi connectivity index (χ1) is 17.1. The highest BCUT2D eigenvalue weighted by atomic mass is 35.5. The van der Waals surface area contributed by atoms with Crippen LogP contribution in [0.15, 0.2) is 67.3 Å². The van der Waals surface area contributed by atoms with Gasteiger partial charge in [0.1, 0.15) is 6.61 Å². The lowest BCUT2D eigenvalue weighted by Crippen LogP contribution is -2.18. The van der Waals surface area contributed by atoms with E-state index in [4.69, 9.17) is 32.9 Å². The Morgan fingerprint density at radius 2 is 1.97 bits per heavy atom. The Labute approximate surface area is 213 Å². The maximum absolute atomic E-state index is 6.73. The molecule has 0 saturated carbocycles. The second-order valence-electron chi connectivity index (χ2n) is 9.00. The molecule has 0 fully saturated rings. The Hall–Kier alpha value is -3.28. The average molecular weight is 503 g/mol. The van der Waals surface area contributed by atoms with Crippen molar-refractivity contribution in [1.29, 1.82) is 0 Å². The molecule has 0 saturated heterocycles. The number of imidazole rings is 1. The molecule has 3 aromatic heterocycles. The van der Waals surface area contributed by atoms with Crippen LogP contribution in [0.3, 0.4) is 0 Å². The Morgan fingerprint density at radius 3 is 2.83 bits per heavy atom. The van der Waals surface area contributed by atoms with Gasteiger partial charge in [0, 0.05) is 33.3 Å². The quantitative estimate of drug-likeness (QED) is 0.270. The predicted octanol–water partition coefficient (Wildman–Crippen LogP) is 7.55. The molecule has 0 radical (unpaired) electrons. The highest BCUT2D eigenvalue weighted by Crippen LogP contribution is 2.42. The largest absolute Gasteiger partial charge is 0.473 e. The molecule has 6 rings (SSSR count). The fourth-order valence-electron chi connectivity index (χ4n) is 5.16. The summed E-state index contributed by atoms with van der Waals surface area (Å²) in [5.41, 5.74) is 7.52. The minimum absolute atomic E-state index is 0.0975. The van der Waals surface area contributed by atoms with E-state index in [2.05, 4.69) is 14.5 Å². The number of ether oxygens (including phenoxy) is 1. The van der Waals surface area contributed by atoms with Gasteiger partial charge in [0.05, 0.1) is 35.5 Å². The van der Waals surface area contributed by atoms with Crippen LogP contribution in [-0.2, 0) is 13.0 Å². The number of hydrogen-bond acceptors (Lipinski definition) is 3. The molecule has 0 amide bonds. The van der Waals surface area contributed by atoms with Gasteiger partial charge in [-0.3, -0.25) is 0 Å². The summed E-state index contributed by atoms with van der Waals surface area (Å²) in [6.45, 7) is 2.52. The molecule has 5 nitrogen and oxygen atoms in total. The topological polar surface area (TPSA) is 55.7 Å². The number of fused-ring (bicyclic) bond motifs is 2. The van der Waals surface area contributed by atoms with Crippen LogP contribution in [0.4, 0.5) is 0 Å². The van der Waals surface area contributed by atoms with Gasteiger partial charge in [0.2, 0.25) is 5.88 Å². The van der Waals surface area contributed by atoms with E-state index in [-0.39, 0.29) is 6.04 Å². The van der Waals surface area contributed by atoms with Crippen molar-refractivity contribution in [3.8, 4) is 17.1 Å². The van der Waals surface area contributed by atoms with Crippen LogP contribution in [0.25, 0.3) is 22.2 Å². The summed E-state index contributed by atoms with van der Waals surface area (Å²) < 4.78 is 8.28. The van der Waals surface area contributed by atoms with Crippen molar-refractivity contribution in [2.24, 2.45) is 0 Å². The molecule has 35 heavy (non-hydrogen) atoms. The van der Waals surface area contributed by atoms with Gasteiger partial charge in [-0.2, -0.15) is 0 Å². The molecule has 1 atom stereocenters. The number of rotatable bonds is 5. The normalized spacial score (nSPS) is 15.3. The number of aromatic nitrogens is 4. The van der Waals surface area contributed by atoms with Crippen LogP contribution in [0.1, 0.15) is 41.3 Å². The Kier molecular flexibility index (Phi) is 5.75. The third kappa shape index (κ3) is 4.09. The molecule has 1 unspecified atom stereocenters. The third-order valence-corrected chi connectivity index (χ3v) is 7.31. The first-order valence-corrected chi connectivity index (χ1v) is 12.5. The van der Waals surface area contributed by atoms with E-state index in [1.54, 1.807) is 0 Å². The third-order valence-electron chi connectivity index (χ3n) is 6.78. The lowest BCUT2D eigenvalue weighted by Gasteiger charge is -2.29. The molecule has 0 spiro atoms. The number of hydrogen-bond donors (Lipinski definition) is 1. The van der Waals surface area contributed by atoms with E-state index in [9.17, 15) is 0 Å². The predicted molar refractivity (Wildman–Crippen MR) is 140 cm³/mol. The van der Waals surface area contributed by atoms with Gasteiger partial charge in [-0.05, 0) is 55.0 Å². The average Bonchev–Trinajstić information content (AvgIpc) is 3.45. The molecule has 0 aliphatic heterocycles. The summed E-state index contributed by atoms with van der Waals surface area (Å²) >= 11 is 13.0. The summed E-state index contributed by atoms with van der Waals surface area (Å²) in [5, 5.41) is 2.45. The van der Waals surface area contributed by atoms with Crippen LogP contribution >= 0.6 is 23.2 Å². The van der Waals surface area contributed by atoms with E-state index in [1.165, 1.54) is 5.56 Å². The zero-order valence-electron chi connectivity index (χ0n) is 19.3. The zero-order chi connectivity index (χ0) is 23.9. The summed E-state index contributed by atoms with van der Waals surface area (Å²) in [6, 6.07) is 16.1. The van der Waals surface area contributed by atoms with Gasteiger partial charge in [0.15, 0.2) is 0 Å². The highest BCUT2D eigenvalue weighted by molar-refractivity contribution is 6.35. The number of aromatic amines is 1. The highest BCUT2D eigenvalue weighted by Gasteiger charge is 2.28. The fourth-order valence-corrected chi connectivity index (χ4v) is 5.82. The molecule has 1 N–H and O–H groups in total. The van der Waals surface area contributed by atoms with E-state index < -0.39 is 0 Å². The molecule has 3 heterocycles. The van der Waals surface area contributed by atoms with Gasteiger partial charge in [0.25, 0.3) is 0 Å². The molecular formula is C28H24Cl2N4O. The van der Waals surface area contributed by atoms with Crippen LogP contribution in [0, 0.1) is 6.92 Å². The van der Waals surface area contributed by atoms with Crippen molar-refractivity contribution in [3.63, 3.8) is 0 Å². The summed E-state index contributed by atoms with van der Waals surface area (Å²) in [6.07, 6.45) is 8.83. The van der Waals surface area contributed by atoms with E-state index in [0.717, 1.165) is 58.2 Å². The maximum atomic E-state index is 6.73.